The van der Waals surface area contributed by atoms with Gasteiger partial charge in [-0.15, -0.1) is 0 Å². The second-order valence-corrected chi connectivity index (χ2v) is 5.81. The molecule has 1 unspecified atom stereocenters. The van der Waals surface area contributed by atoms with Gasteiger partial charge in [-0.2, -0.15) is 0 Å². The van der Waals surface area contributed by atoms with E-state index in [0.717, 1.165) is 5.56 Å². The van der Waals surface area contributed by atoms with E-state index in [2.05, 4.69) is 5.32 Å². The van der Waals surface area contributed by atoms with E-state index in [1.165, 1.54) is 0 Å². The predicted molar refractivity (Wildman–Crippen MR) is 84.8 cm³/mol. The van der Waals surface area contributed by atoms with Gasteiger partial charge in [-0.05, 0) is 36.5 Å². The van der Waals surface area contributed by atoms with Crippen LogP contribution in [0.1, 0.15) is 32.3 Å². The number of ether oxygens (including phenoxy) is 1. The van der Waals surface area contributed by atoms with Crippen molar-refractivity contribution in [2.75, 3.05) is 13.7 Å². The Bertz CT molecular complexity index is 463. The van der Waals surface area contributed by atoms with Gasteiger partial charge < -0.3 is 15.2 Å². The molecule has 0 aromatic heterocycles. The van der Waals surface area contributed by atoms with Crippen molar-refractivity contribution in [1.82, 2.24) is 5.32 Å². The Labute approximate surface area is 131 Å². The van der Waals surface area contributed by atoms with E-state index in [9.17, 15) is 4.79 Å². The van der Waals surface area contributed by atoms with Crippen LogP contribution in [0.5, 0.6) is 5.75 Å². The lowest BCUT2D eigenvalue weighted by atomic mass is 10.0. The molecule has 1 aromatic carbocycles. The number of aliphatic hydroxyl groups excluding tert-OH is 1. The number of aryl methyl sites for hydroxylation is 1. The zero-order valence-electron chi connectivity index (χ0n) is 12.9. The van der Waals surface area contributed by atoms with Gasteiger partial charge in [0.15, 0.2) is 0 Å². The Balaban J connectivity index is 2.50. The Morgan fingerprint density at radius 2 is 2.14 bits per heavy atom. The molecule has 0 saturated heterocycles. The van der Waals surface area contributed by atoms with Gasteiger partial charge in [-0.1, -0.05) is 31.5 Å². The van der Waals surface area contributed by atoms with Crippen LogP contribution >= 0.6 is 11.6 Å². The zero-order chi connectivity index (χ0) is 15.8. The molecule has 0 aliphatic rings. The molecule has 21 heavy (non-hydrogen) atoms. The minimum absolute atomic E-state index is 0.00547. The van der Waals surface area contributed by atoms with Crippen molar-refractivity contribution in [2.24, 2.45) is 5.92 Å². The Kier molecular flexibility index (Phi) is 7.54. The summed E-state index contributed by atoms with van der Waals surface area (Å²) in [6, 6.07) is 5.55. The SMILES string of the molecule is COc1ccc(CCC(=O)NC(CCO)C(C)C)cc1Cl. The van der Waals surface area contributed by atoms with Crippen LogP contribution < -0.4 is 10.1 Å². The molecule has 0 bridgehead atoms. The first-order valence-corrected chi connectivity index (χ1v) is 7.58. The van der Waals surface area contributed by atoms with Gasteiger partial charge >= 0.3 is 0 Å². The maximum Gasteiger partial charge on any atom is 0.220 e. The van der Waals surface area contributed by atoms with Crippen molar-refractivity contribution < 1.29 is 14.6 Å². The van der Waals surface area contributed by atoms with Crippen LogP contribution in [0.15, 0.2) is 18.2 Å². The number of carbonyl (C=O) groups excluding carboxylic acids is 1. The first-order chi connectivity index (χ1) is 9.97. The number of amides is 1. The van der Waals surface area contributed by atoms with Crippen LogP contribution in [0, 0.1) is 5.92 Å². The van der Waals surface area contributed by atoms with Gasteiger partial charge in [0.2, 0.25) is 5.91 Å². The molecule has 1 amide bonds. The molecule has 0 heterocycles. The van der Waals surface area contributed by atoms with Crippen LogP contribution in [0.2, 0.25) is 5.02 Å². The number of benzene rings is 1. The molecule has 5 heteroatoms. The van der Waals surface area contributed by atoms with Crippen molar-refractivity contribution in [1.29, 1.82) is 0 Å². The third kappa shape index (κ3) is 5.94. The first kappa shape index (κ1) is 17.8. The third-order valence-electron chi connectivity index (χ3n) is 3.45. The number of hydrogen-bond donors (Lipinski definition) is 2. The lowest BCUT2D eigenvalue weighted by Gasteiger charge is -2.21. The van der Waals surface area contributed by atoms with Gasteiger partial charge in [0.05, 0.1) is 12.1 Å². The van der Waals surface area contributed by atoms with Crippen molar-refractivity contribution in [2.45, 2.75) is 39.2 Å². The summed E-state index contributed by atoms with van der Waals surface area (Å²) in [6.07, 6.45) is 1.61. The van der Waals surface area contributed by atoms with E-state index in [0.29, 0.717) is 36.0 Å². The topological polar surface area (TPSA) is 58.6 Å². The highest BCUT2D eigenvalue weighted by atomic mass is 35.5. The summed E-state index contributed by atoms with van der Waals surface area (Å²) < 4.78 is 5.10. The molecule has 0 aliphatic heterocycles. The van der Waals surface area contributed by atoms with Crippen LogP contribution in [-0.4, -0.2) is 30.8 Å². The van der Waals surface area contributed by atoms with E-state index in [4.69, 9.17) is 21.4 Å². The highest BCUT2D eigenvalue weighted by Gasteiger charge is 2.15. The fraction of sp³-hybridized carbons (Fsp3) is 0.562. The average Bonchev–Trinajstić information content (AvgIpc) is 2.44. The van der Waals surface area contributed by atoms with E-state index in [1.54, 1.807) is 13.2 Å². The van der Waals surface area contributed by atoms with Gasteiger partial charge in [-0.3, -0.25) is 4.79 Å². The summed E-state index contributed by atoms with van der Waals surface area (Å²) in [4.78, 5) is 12.0. The third-order valence-corrected chi connectivity index (χ3v) is 3.74. The fourth-order valence-corrected chi connectivity index (χ4v) is 2.39. The molecule has 1 aromatic rings. The summed E-state index contributed by atoms with van der Waals surface area (Å²) in [5, 5.41) is 12.5. The number of rotatable bonds is 8. The second-order valence-electron chi connectivity index (χ2n) is 5.40. The van der Waals surface area contributed by atoms with Gasteiger partial charge in [0.25, 0.3) is 0 Å². The van der Waals surface area contributed by atoms with E-state index in [1.807, 2.05) is 26.0 Å². The monoisotopic (exact) mass is 313 g/mol. The van der Waals surface area contributed by atoms with Gasteiger partial charge in [0.1, 0.15) is 5.75 Å². The fourth-order valence-electron chi connectivity index (χ4n) is 2.11. The minimum atomic E-state index is -0.00547. The van der Waals surface area contributed by atoms with Crippen molar-refractivity contribution in [3.05, 3.63) is 28.8 Å². The molecule has 0 fully saturated rings. The largest absolute Gasteiger partial charge is 0.495 e. The number of carbonyl (C=O) groups is 1. The summed E-state index contributed by atoms with van der Waals surface area (Å²) >= 11 is 6.06. The lowest BCUT2D eigenvalue weighted by molar-refractivity contribution is -0.122. The molecule has 118 valence electrons. The molecule has 0 radical (unpaired) electrons. The van der Waals surface area contributed by atoms with E-state index >= 15 is 0 Å². The first-order valence-electron chi connectivity index (χ1n) is 7.20. The van der Waals surface area contributed by atoms with Crippen LogP contribution in [0.3, 0.4) is 0 Å². The summed E-state index contributed by atoms with van der Waals surface area (Å²) in [6.45, 7) is 4.14. The molecule has 0 spiro atoms. The second kappa shape index (κ2) is 8.90. The molecular formula is C16H24ClNO3. The Morgan fingerprint density at radius 1 is 1.43 bits per heavy atom. The molecule has 0 saturated carbocycles. The minimum Gasteiger partial charge on any atom is -0.495 e. The van der Waals surface area contributed by atoms with Crippen molar-refractivity contribution in [3.63, 3.8) is 0 Å². The quantitative estimate of drug-likeness (QED) is 0.776. The summed E-state index contributed by atoms with van der Waals surface area (Å²) in [7, 11) is 1.57. The Hall–Kier alpha value is -1.26. The highest BCUT2D eigenvalue weighted by molar-refractivity contribution is 6.32. The average molecular weight is 314 g/mol. The van der Waals surface area contributed by atoms with Crippen LogP contribution in [0.4, 0.5) is 0 Å². The molecule has 2 N–H and O–H groups in total. The van der Waals surface area contributed by atoms with Gasteiger partial charge in [-0.25, -0.2) is 0 Å². The Morgan fingerprint density at radius 3 is 2.67 bits per heavy atom. The van der Waals surface area contributed by atoms with Crippen LogP contribution in [0.25, 0.3) is 0 Å². The molecule has 1 rings (SSSR count). The molecular weight excluding hydrogens is 290 g/mol. The number of hydrogen-bond acceptors (Lipinski definition) is 3. The zero-order valence-corrected chi connectivity index (χ0v) is 13.6. The van der Waals surface area contributed by atoms with Crippen LogP contribution in [-0.2, 0) is 11.2 Å². The predicted octanol–water partition coefficient (Wildman–Crippen LogP) is 2.80. The number of halogens is 1. The van der Waals surface area contributed by atoms with Gasteiger partial charge in [0, 0.05) is 19.1 Å². The summed E-state index contributed by atoms with van der Waals surface area (Å²) in [5.74, 6) is 0.929. The lowest BCUT2D eigenvalue weighted by Crippen LogP contribution is -2.39. The standard InChI is InChI=1S/C16H24ClNO3/c1-11(2)14(8-9-19)18-16(20)7-5-12-4-6-15(21-3)13(17)10-12/h4,6,10-11,14,19H,5,7-9H2,1-3H3,(H,18,20). The normalized spacial score (nSPS) is 12.3. The molecule has 1 atom stereocenters. The maximum absolute atomic E-state index is 12.0. The number of aliphatic hydroxyl groups is 1. The summed E-state index contributed by atoms with van der Waals surface area (Å²) in [5.41, 5.74) is 0.999. The maximum atomic E-state index is 12.0. The van der Waals surface area contributed by atoms with Crippen molar-refractivity contribution >= 4 is 17.5 Å². The van der Waals surface area contributed by atoms with E-state index < -0.39 is 0 Å². The number of nitrogens with one attached hydrogen (secondary N) is 1. The van der Waals surface area contributed by atoms with Crippen molar-refractivity contribution in [3.8, 4) is 5.75 Å². The van der Waals surface area contributed by atoms with E-state index in [-0.39, 0.29) is 18.6 Å². The smallest absolute Gasteiger partial charge is 0.220 e. The molecule has 4 nitrogen and oxygen atoms in total. The molecule has 0 aliphatic carbocycles. The highest BCUT2D eigenvalue weighted by Crippen LogP contribution is 2.25. The number of methoxy groups -OCH3 is 1.